The first-order valence-corrected chi connectivity index (χ1v) is 16.5. The average molecular weight is 576 g/mol. The number of aromatic hydroxyl groups is 1. The molecule has 8 heteroatoms. The number of hydrogen-bond donors (Lipinski definition) is 1. The number of aryl methyl sites for hydroxylation is 1. The summed E-state index contributed by atoms with van der Waals surface area (Å²) in [7, 11) is -4.74. The molecule has 224 valence electrons. The average Bonchev–Trinajstić information content (AvgIpc) is 3.35. The first kappa shape index (κ1) is 32.6. The Morgan fingerprint density at radius 2 is 1.85 bits per heavy atom. The van der Waals surface area contributed by atoms with Crippen LogP contribution in [0.25, 0.3) is 0 Å². The minimum atomic E-state index is -4.74. The maximum atomic E-state index is 13.8. The Morgan fingerprint density at radius 3 is 2.50 bits per heavy atom. The molecule has 1 N–H and O–H groups in total. The number of allylic oxidation sites excluding steroid dienone is 3. The van der Waals surface area contributed by atoms with Crippen molar-refractivity contribution in [3.63, 3.8) is 0 Å². The van der Waals surface area contributed by atoms with Gasteiger partial charge in [-0.15, -0.1) is 0 Å². The van der Waals surface area contributed by atoms with Gasteiger partial charge < -0.3 is 19.3 Å². The van der Waals surface area contributed by atoms with Gasteiger partial charge in [0.15, 0.2) is 5.60 Å². The number of ether oxygens (including phenoxy) is 1. The number of hydrogen-bond acceptors (Lipinski definition) is 7. The third-order valence-corrected chi connectivity index (χ3v) is 9.27. The fraction of sp³-hybridized carbons (Fsp3) is 0.656. The summed E-state index contributed by atoms with van der Waals surface area (Å²) in [5.74, 6) is -0.577. The first-order valence-electron chi connectivity index (χ1n) is 15.1. The Kier molecular flexibility index (Phi) is 12.1. The molecule has 1 fully saturated rings. The highest BCUT2D eigenvalue weighted by atomic mass is 31.2. The number of phenolic OH excluding ortho intramolecular Hbond substituents is 1. The summed E-state index contributed by atoms with van der Waals surface area (Å²) >= 11 is 0. The molecule has 0 amide bonds. The number of phosphoric ester groups is 1. The summed E-state index contributed by atoms with van der Waals surface area (Å²) in [4.78, 5) is 26.6. The molecule has 0 bridgehead atoms. The van der Waals surface area contributed by atoms with Gasteiger partial charge in [0.1, 0.15) is 11.5 Å². The van der Waals surface area contributed by atoms with Crippen LogP contribution in [-0.2, 0) is 24.8 Å². The molecule has 0 heterocycles. The molecule has 0 aliphatic heterocycles. The van der Waals surface area contributed by atoms with Gasteiger partial charge in [-0.3, -0.25) is 9.09 Å². The highest BCUT2D eigenvalue weighted by molar-refractivity contribution is 7.46. The van der Waals surface area contributed by atoms with Crippen LogP contribution in [0, 0.1) is 5.92 Å². The first-order chi connectivity index (χ1) is 19.0. The summed E-state index contributed by atoms with van der Waals surface area (Å²) in [5.41, 5.74) is 1.93. The molecule has 0 aromatic heterocycles. The van der Waals surface area contributed by atoms with Crippen molar-refractivity contribution >= 4 is 13.8 Å². The van der Waals surface area contributed by atoms with Crippen molar-refractivity contribution in [1.29, 1.82) is 0 Å². The van der Waals surface area contributed by atoms with Gasteiger partial charge in [0.05, 0.1) is 6.61 Å². The monoisotopic (exact) mass is 575 g/mol. The van der Waals surface area contributed by atoms with Gasteiger partial charge in [0.2, 0.25) is 0 Å². The Morgan fingerprint density at radius 1 is 1.15 bits per heavy atom. The molecule has 1 unspecified atom stereocenters. The quantitative estimate of drug-likeness (QED) is 0.0741. The molecule has 3 atom stereocenters. The van der Waals surface area contributed by atoms with Crippen LogP contribution in [0.1, 0.15) is 122 Å². The molecular weight excluding hydrogens is 527 g/mol. The van der Waals surface area contributed by atoms with E-state index in [9.17, 15) is 19.4 Å². The van der Waals surface area contributed by atoms with Crippen LogP contribution in [-0.4, -0.2) is 23.3 Å². The Hall–Kier alpha value is -1.92. The molecule has 7 nitrogen and oxygen atoms in total. The number of benzene rings is 1. The van der Waals surface area contributed by atoms with Crippen molar-refractivity contribution in [1.82, 2.24) is 0 Å². The lowest BCUT2D eigenvalue weighted by molar-refractivity contribution is -0.237. The molecule has 2 aliphatic carbocycles. The lowest BCUT2D eigenvalue weighted by Crippen LogP contribution is -2.42. The van der Waals surface area contributed by atoms with E-state index in [-0.39, 0.29) is 42.8 Å². The fourth-order valence-electron chi connectivity index (χ4n) is 6.02. The minimum absolute atomic E-state index is 0.0301. The number of carbonyl (C=O) groups excluding carboxylic acids is 1. The predicted molar refractivity (Wildman–Crippen MR) is 156 cm³/mol. The molecule has 1 aromatic carbocycles. The van der Waals surface area contributed by atoms with E-state index >= 15 is 0 Å². The lowest BCUT2D eigenvalue weighted by Gasteiger charge is -2.35. The van der Waals surface area contributed by atoms with Gasteiger partial charge in [-0.05, 0) is 88.8 Å². The topological polar surface area (TPSA) is 105 Å². The fourth-order valence-corrected chi connectivity index (χ4v) is 7.11. The van der Waals surface area contributed by atoms with Crippen molar-refractivity contribution in [3.8, 4) is 11.5 Å². The van der Waals surface area contributed by atoms with Gasteiger partial charge in [-0.2, -0.15) is 0 Å². The van der Waals surface area contributed by atoms with Crippen LogP contribution in [0.5, 0.6) is 11.5 Å². The van der Waals surface area contributed by atoms with Crippen LogP contribution in [0.4, 0.5) is 0 Å². The molecule has 2 aliphatic rings. The minimum Gasteiger partial charge on any atom is -0.756 e. The summed E-state index contributed by atoms with van der Waals surface area (Å²) < 4.78 is 29.5. The van der Waals surface area contributed by atoms with E-state index < -0.39 is 19.4 Å². The molecular formula is C32H48O7P-. The molecule has 0 radical (unpaired) electrons. The smallest absolute Gasteiger partial charge is 0.344 e. The summed E-state index contributed by atoms with van der Waals surface area (Å²) in [6.45, 7) is 12.4. The van der Waals surface area contributed by atoms with Crippen molar-refractivity contribution in [2.24, 2.45) is 5.92 Å². The molecule has 40 heavy (non-hydrogen) atoms. The maximum Gasteiger partial charge on any atom is 0.344 e. The number of phenols is 1. The zero-order valence-electron chi connectivity index (χ0n) is 24.8. The van der Waals surface area contributed by atoms with Gasteiger partial charge in [0.25, 0.3) is 7.82 Å². The van der Waals surface area contributed by atoms with E-state index in [1.807, 2.05) is 13.8 Å². The van der Waals surface area contributed by atoms with Crippen LogP contribution >= 0.6 is 7.82 Å². The number of carbonyl (C=O) groups is 1. The third kappa shape index (κ3) is 8.55. The second-order valence-corrected chi connectivity index (χ2v) is 13.0. The second kappa shape index (κ2) is 14.8. The summed E-state index contributed by atoms with van der Waals surface area (Å²) in [6, 6.07) is 3.54. The van der Waals surface area contributed by atoms with Crippen molar-refractivity contribution in [2.45, 2.75) is 123 Å². The number of phosphoric acid groups is 1. The molecule has 0 spiro atoms. The predicted octanol–water partition coefficient (Wildman–Crippen LogP) is 8.05. The largest absolute Gasteiger partial charge is 0.756 e. The Labute approximate surface area is 240 Å². The number of unbranched alkanes of at least 4 members (excludes halogenated alkanes) is 4. The van der Waals surface area contributed by atoms with Crippen LogP contribution < -0.4 is 9.63 Å². The van der Waals surface area contributed by atoms with Crippen LogP contribution in [0.15, 0.2) is 35.9 Å². The van der Waals surface area contributed by atoms with E-state index in [0.29, 0.717) is 31.2 Å². The van der Waals surface area contributed by atoms with Crippen LogP contribution in [0.2, 0.25) is 0 Å². The molecule has 3 rings (SSSR count). The zero-order valence-corrected chi connectivity index (χ0v) is 25.7. The van der Waals surface area contributed by atoms with E-state index in [1.165, 1.54) is 5.57 Å². The van der Waals surface area contributed by atoms with Gasteiger partial charge in [0, 0.05) is 11.5 Å². The van der Waals surface area contributed by atoms with Crippen molar-refractivity contribution in [3.05, 3.63) is 47.1 Å². The van der Waals surface area contributed by atoms with Crippen LogP contribution in [0.3, 0.4) is 0 Å². The zero-order chi connectivity index (χ0) is 29.3. The van der Waals surface area contributed by atoms with Gasteiger partial charge in [-0.1, -0.05) is 69.8 Å². The standard InChI is InChI=1S/C32H49O7P/c1-6-8-9-10-13-19-37-40(35,36)39-32(17-11-12-18-32)31(34)38-29-22-25(14-7-2)21-28(33)30(29)27-20-24(5)15-16-26(27)23(3)4/h20-22,26-27,33H,3,6-19H2,1-2,4-5H3,(H,35,36)/p-1/t26-,27+/m0/s1. The molecule has 1 aromatic rings. The maximum absolute atomic E-state index is 13.8. The van der Waals surface area contributed by atoms with E-state index in [0.717, 1.165) is 56.1 Å². The second-order valence-electron chi connectivity index (χ2n) is 11.7. The molecule has 0 saturated heterocycles. The van der Waals surface area contributed by atoms with E-state index in [2.05, 4.69) is 26.5 Å². The van der Waals surface area contributed by atoms with E-state index in [4.69, 9.17) is 13.8 Å². The van der Waals surface area contributed by atoms with Crippen molar-refractivity contribution < 1.29 is 33.1 Å². The number of esters is 1. The Bertz CT molecular complexity index is 1100. The SMILES string of the molecule is C=C(C)[C@@H]1CCC(C)=C[C@H]1c1c(O)cc(CCC)cc1OC(=O)C1(OP(=O)([O-])OCCCCCCC)CCCC1. The Balaban J connectivity index is 1.89. The number of rotatable bonds is 15. The normalized spacial score (nSPS) is 22.0. The van der Waals surface area contributed by atoms with Gasteiger partial charge in [-0.25, -0.2) is 4.79 Å². The highest BCUT2D eigenvalue weighted by Crippen LogP contribution is 2.51. The van der Waals surface area contributed by atoms with Gasteiger partial charge >= 0.3 is 5.97 Å². The molecule has 1 saturated carbocycles. The summed E-state index contributed by atoms with van der Waals surface area (Å²) in [6.07, 6.45) is 11.9. The highest BCUT2D eigenvalue weighted by Gasteiger charge is 2.47. The lowest BCUT2D eigenvalue weighted by atomic mass is 9.73. The van der Waals surface area contributed by atoms with Crippen molar-refractivity contribution in [2.75, 3.05) is 6.61 Å². The third-order valence-electron chi connectivity index (χ3n) is 8.20. The van der Waals surface area contributed by atoms with E-state index in [1.54, 1.807) is 12.1 Å². The summed E-state index contributed by atoms with van der Waals surface area (Å²) in [5, 5.41) is 11.2.